The first-order valence-electron chi connectivity index (χ1n) is 10.5. The molecule has 0 aliphatic carbocycles. The summed E-state index contributed by atoms with van der Waals surface area (Å²) in [6.45, 7) is 1.95. The minimum atomic E-state index is -1.21. The highest BCUT2D eigenvalue weighted by Crippen LogP contribution is 2.30. The van der Waals surface area contributed by atoms with E-state index in [9.17, 15) is 14.7 Å². The van der Waals surface area contributed by atoms with Gasteiger partial charge in [-0.05, 0) is 30.7 Å². The number of carboxylic acid groups (broad SMARTS) is 1. The zero-order valence-corrected chi connectivity index (χ0v) is 18.4. The maximum Gasteiger partial charge on any atom is 0.339 e. The van der Waals surface area contributed by atoms with Crippen LogP contribution in [0, 0.1) is 6.92 Å². The van der Waals surface area contributed by atoms with Crippen molar-refractivity contribution < 1.29 is 14.7 Å². The van der Waals surface area contributed by atoms with Crippen LogP contribution in [0.5, 0.6) is 0 Å². The Labute approximate surface area is 194 Å². The minimum absolute atomic E-state index is 0.0283. The molecule has 9 heteroatoms. The molecular formula is C25H20N6O3. The summed E-state index contributed by atoms with van der Waals surface area (Å²) in [4.78, 5) is 28.8. The Kier molecular flexibility index (Phi) is 5.14. The van der Waals surface area contributed by atoms with Gasteiger partial charge in [-0.2, -0.15) is 10.2 Å². The van der Waals surface area contributed by atoms with Gasteiger partial charge in [0.25, 0.3) is 5.91 Å². The van der Waals surface area contributed by atoms with Crippen LogP contribution in [0.3, 0.4) is 0 Å². The predicted molar refractivity (Wildman–Crippen MR) is 127 cm³/mol. The van der Waals surface area contributed by atoms with Gasteiger partial charge in [-0.3, -0.25) is 9.48 Å². The second-order valence-corrected chi connectivity index (χ2v) is 7.76. The van der Waals surface area contributed by atoms with Crippen LogP contribution in [0.25, 0.3) is 28.0 Å². The average Bonchev–Trinajstić information content (AvgIpc) is 3.39. The summed E-state index contributed by atoms with van der Waals surface area (Å²) >= 11 is 0. The first-order valence-corrected chi connectivity index (χ1v) is 10.5. The van der Waals surface area contributed by atoms with Gasteiger partial charge in [0.1, 0.15) is 11.3 Å². The second-order valence-electron chi connectivity index (χ2n) is 7.76. The van der Waals surface area contributed by atoms with E-state index in [4.69, 9.17) is 5.10 Å². The minimum Gasteiger partial charge on any atom is -0.478 e. The summed E-state index contributed by atoms with van der Waals surface area (Å²) < 4.78 is 3.04. The van der Waals surface area contributed by atoms with E-state index in [1.54, 1.807) is 16.8 Å². The van der Waals surface area contributed by atoms with Gasteiger partial charge in [0.2, 0.25) is 0 Å². The number of carbonyl (C=O) groups excluding carboxylic acids is 1. The smallest absolute Gasteiger partial charge is 0.339 e. The fraction of sp³-hybridized carbons (Fsp3) is 0.0800. The average molecular weight is 452 g/mol. The van der Waals surface area contributed by atoms with Crippen molar-refractivity contribution in [1.29, 1.82) is 0 Å². The van der Waals surface area contributed by atoms with Crippen LogP contribution in [-0.2, 0) is 7.05 Å². The summed E-state index contributed by atoms with van der Waals surface area (Å²) in [5.74, 6) is -1.77. The third kappa shape index (κ3) is 3.58. The van der Waals surface area contributed by atoms with Crippen molar-refractivity contribution in [3.8, 4) is 22.4 Å². The number of aromatic nitrogens is 5. The van der Waals surface area contributed by atoms with Crippen LogP contribution in [0.2, 0.25) is 0 Å². The number of rotatable bonds is 5. The summed E-state index contributed by atoms with van der Waals surface area (Å²) in [7, 11) is 1.52. The molecule has 0 saturated heterocycles. The summed E-state index contributed by atoms with van der Waals surface area (Å²) in [6.07, 6.45) is 2.89. The number of carboxylic acids is 1. The molecule has 9 nitrogen and oxygen atoms in total. The lowest BCUT2D eigenvalue weighted by Gasteiger charge is -2.10. The third-order valence-corrected chi connectivity index (χ3v) is 5.56. The van der Waals surface area contributed by atoms with E-state index in [2.05, 4.69) is 15.4 Å². The number of hydrogen-bond donors (Lipinski definition) is 2. The normalized spacial score (nSPS) is 11.0. The largest absolute Gasteiger partial charge is 0.478 e. The van der Waals surface area contributed by atoms with E-state index in [-0.39, 0.29) is 11.3 Å². The van der Waals surface area contributed by atoms with Crippen molar-refractivity contribution in [2.75, 3.05) is 5.32 Å². The molecule has 0 saturated carbocycles. The molecule has 5 rings (SSSR count). The van der Waals surface area contributed by atoms with Gasteiger partial charge >= 0.3 is 5.97 Å². The molecule has 0 spiro atoms. The third-order valence-electron chi connectivity index (χ3n) is 5.56. The van der Waals surface area contributed by atoms with Crippen molar-refractivity contribution in [2.45, 2.75) is 6.92 Å². The number of nitrogens with one attached hydrogen (secondary N) is 1. The molecule has 0 atom stereocenters. The highest BCUT2D eigenvalue weighted by molar-refractivity contribution is 6.09. The van der Waals surface area contributed by atoms with Gasteiger partial charge < -0.3 is 10.4 Å². The van der Waals surface area contributed by atoms with Gasteiger partial charge in [-0.15, -0.1) is 0 Å². The Morgan fingerprint density at radius 2 is 1.76 bits per heavy atom. The summed E-state index contributed by atoms with van der Waals surface area (Å²) in [6, 6.07) is 19.1. The Morgan fingerprint density at radius 1 is 1.00 bits per heavy atom. The van der Waals surface area contributed by atoms with Crippen molar-refractivity contribution in [3.05, 3.63) is 90.0 Å². The fourth-order valence-corrected chi connectivity index (χ4v) is 4.02. The van der Waals surface area contributed by atoms with Crippen LogP contribution < -0.4 is 5.32 Å². The summed E-state index contributed by atoms with van der Waals surface area (Å²) in [5, 5.41) is 20.7. The lowest BCUT2D eigenvalue weighted by Crippen LogP contribution is -2.19. The number of amides is 1. The quantitative estimate of drug-likeness (QED) is 0.416. The van der Waals surface area contributed by atoms with Crippen molar-refractivity contribution >= 4 is 23.2 Å². The van der Waals surface area contributed by atoms with E-state index in [0.29, 0.717) is 5.69 Å². The van der Waals surface area contributed by atoms with Gasteiger partial charge in [0.15, 0.2) is 5.65 Å². The van der Waals surface area contributed by atoms with Crippen LogP contribution in [0.1, 0.15) is 26.5 Å². The molecule has 0 aliphatic rings. The molecular weight excluding hydrogens is 432 g/mol. The molecule has 1 amide bonds. The van der Waals surface area contributed by atoms with E-state index >= 15 is 0 Å². The molecule has 0 fully saturated rings. The number of aryl methyl sites for hydroxylation is 2. The topological polar surface area (TPSA) is 114 Å². The predicted octanol–water partition coefficient (Wildman–Crippen LogP) is 4.06. The highest BCUT2D eigenvalue weighted by Gasteiger charge is 2.22. The Hall–Kier alpha value is -4.79. The van der Waals surface area contributed by atoms with Crippen LogP contribution >= 0.6 is 0 Å². The number of nitrogens with zero attached hydrogens (tertiary/aromatic N) is 5. The molecule has 34 heavy (non-hydrogen) atoms. The monoisotopic (exact) mass is 452 g/mol. The Morgan fingerprint density at radius 3 is 2.53 bits per heavy atom. The molecule has 0 bridgehead atoms. The molecule has 0 radical (unpaired) electrons. The fourth-order valence-electron chi connectivity index (χ4n) is 4.02. The highest BCUT2D eigenvalue weighted by atomic mass is 16.4. The number of benzene rings is 2. The van der Waals surface area contributed by atoms with Crippen molar-refractivity contribution in [2.24, 2.45) is 7.05 Å². The standard InChI is InChI=1S/C25H20N6O3/c1-15-21(16-7-4-3-5-8-16)23-26-12-11-20(31(23)29-15)17-9-6-10-18(13-17)28-24(32)22-19(25(33)34)14-27-30(22)2/h3-14H,1-2H3,(H,28,32)(H,33,34). The van der Waals surface area contributed by atoms with E-state index in [0.717, 1.165) is 39.9 Å². The van der Waals surface area contributed by atoms with Crippen LogP contribution in [0.15, 0.2) is 73.1 Å². The number of aromatic carboxylic acids is 1. The maximum absolute atomic E-state index is 12.8. The Balaban J connectivity index is 1.53. The van der Waals surface area contributed by atoms with Gasteiger partial charge in [0.05, 0.1) is 17.6 Å². The number of fused-ring (bicyclic) bond motifs is 1. The molecule has 0 unspecified atom stereocenters. The zero-order chi connectivity index (χ0) is 23.8. The number of hydrogen-bond acceptors (Lipinski definition) is 5. The second kappa shape index (κ2) is 8.28. The molecule has 2 N–H and O–H groups in total. The number of anilines is 1. The van der Waals surface area contributed by atoms with E-state index < -0.39 is 11.9 Å². The van der Waals surface area contributed by atoms with Crippen LogP contribution in [-0.4, -0.2) is 41.4 Å². The lowest BCUT2D eigenvalue weighted by atomic mass is 10.1. The SMILES string of the molecule is Cc1nn2c(-c3cccc(NC(=O)c4c(C(=O)O)cnn4C)c3)ccnc2c1-c1ccccc1. The van der Waals surface area contributed by atoms with Crippen molar-refractivity contribution in [1.82, 2.24) is 24.4 Å². The van der Waals surface area contributed by atoms with E-state index in [1.165, 1.54) is 11.7 Å². The first-order chi connectivity index (χ1) is 16.4. The van der Waals surface area contributed by atoms with Crippen molar-refractivity contribution in [3.63, 3.8) is 0 Å². The number of carbonyl (C=O) groups is 2. The van der Waals surface area contributed by atoms with Crippen LogP contribution in [0.4, 0.5) is 5.69 Å². The molecule has 168 valence electrons. The van der Waals surface area contributed by atoms with Gasteiger partial charge in [-0.1, -0.05) is 42.5 Å². The Bertz CT molecular complexity index is 1550. The maximum atomic E-state index is 12.8. The van der Waals surface area contributed by atoms with E-state index in [1.807, 2.05) is 61.5 Å². The molecule has 5 aromatic rings. The summed E-state index contributed by atoms with van der Waals surface area (Å²) in [5.41, 5.74) is 5.53. The molecule has 3 heterocycles. The van der Waals surface area contributed by atoms with Gasteiger partial charge in [0, 0.05) is 30.1 Å². The first kappa shape index (κ1) is 21.1. The zero-order valence-electron chi connectivity index (χ0n) is 18.4. The molecule has 3 aromatic heterocycles. The van der Waals surface area contributed by atoms with Gasteiger partial charge in [-0.25, -0.2) is 14.3 Å². The molecule has 2 aromatic carbocycles. The lowest BCUT2D eigenvalue weighted by molar-refractivity contribution is 0.0692. The molecule has 0 aliphatic heterocycles.